The predicted octanol–water partition coefficient (Wildman–Crippen LogP) is 2.31. The summed E-state index contributed by atoms with van der Waals surface area (Å²) in [5.41, 5.74) is 0.353. The van der Waals surface area contributed by atoms with Crippen LogP contribution in [0.15, 0.2) is 22.8 Å². The van der Waals surface area contributed by atoms with Crippen LogP contribution in [0.3, 0.4) is 0 Å². The van der Waals surface area contributed by atoms with Crippen molar-refractivity contribution in [3.05, 3.63) is 30.0 Å². The van der Waals surface area contributed by atoms with Crippen LogP contribution >= 0.6 is 0 Å². The molecular weight excluding hydrogens is 420 g/mol. The SMILES string of the molecule is CC(=O)c1coc(CNC(=O)[C@H]2[C@H](C(=O)NCCCCN3CCCC3)[C@H]3C=C[C@@H]2C32CC2)n1. The van der Waals surface area contributed by atoms with Crippen molar-refractivity contribution in [2.75, 3.05) is 26.2 Å². The molecule has 0 unspecified atom stereocenters. The fourth-order valence-corrected chi connectivity index (χ4v) is 6.34. The lowest BCUT2D eigenvalue weighted by Gasteiger charge is -2.26. The standard InChI is InChI=1S/C25H34N4O4/c1-16(30)19-15-33-20(28-19)14-27-24(32)22-18-7-6-17(25(18)8-9-25)21(22)23(31)26-10-2-3-11-29-12-4-5-13-29/h6-7,15,17-18,21-22H,2-5,8-14H2,1H3,(H,26,31)(H,27,32)/t17-,18+,21-,22-/m1/s1. The summed E-state index contributed by atoms with van der Waals surface area (Å²) in [7, 11) is 0. The molecule has 1 saturated heterocycles. The van der Waals surface area contributed by atoms with Gasteiger partial charge < -0.3 is 20.0 Å². The second-order valence-electron chi connectivity index (χ2n) is 10.2. The summed E-state index contributed by atoms with van der Waals surface area (Å²) in [6, 6.07) is 0. The third-order valence-corrected chi connectivity index (χ3v) is 8.17. The number of Topliss-reactive ketones (excluding diaryl/α,β-unsaturated/α-hetero) is 1. The van der Waals surface area contributed by atoms with Gasteiger partial charge in [-0.25, -0.2) is 4.98 Å². The van der Waals surface area contributed by atoms with Gasteiger partial charge in [-0.15, -0.1) is 0 Å². The number of aromatic nitrogens is 1. The first kappa shape index (κ1) is 22.3. The van der Waals surface area contributed by atoms with Crippen molar-refractivity contribution < 1.29 is 18.8 Å². The maximum absolute atomic E-state index is 13.2. The van der Waals surface area contributed by atoms with Crippen LogP contribution in [0.4, 0.5) is 0 Å². The van der Waals surface area contributed by atoms with Gasteiger partial charge in [-0.3, -0.25) is 14.4 Å². The van der Waals surface area contributed by atoms with E-state index in [2.05, 4.69) is 32.7 Å². The van der Waals surface area contributed by atoms with Gasteiger partial charge in [0.1, 0.15) is 12.0 Å². The average Bonchev–Trinajstić information content (AvgIpc) is 3.16. The summed E-state index contributed by atoms with van der Waals surface area (Å²) in [6.07, 6.45) is 12.4. The van der Waals surface area contributed by atoms with Gasteiger partial charge in [0.25, 0.3) is 0 Å². The maximum Gasteiger partial charge on any atom is 0.224 e. The topological polar surface area (TPSA) is 105 Å². The molecule has 2 amide bonds. The van der Waals surface area contributed by atoms with Crippen molar-refractivity contribution in [3.8, 4) is 0 Å². The van der Waals surface area contributed by atoms with Crippen LogP contribution in [-0.2, 0) is 16.1 Å². The van der Waals surface area contributed by atoms with Crippen LogP contribution in [0, 0.1) is 29.1 Å². The Morgan fingerprint density at radius 3 is 2.33 bits per heavy atom. The van der Waals surface area contributed by atoms with Gasteiger partial charge in [-0.1, -0.05) is 12.2 Å². The summed E-state index contributed by atoms with van der Waals surface area (Å²) in [5, 5.41) is 6.05. The molecular formula is C25H34N4O4. The number of likely N-dealkylation sites (tertiary alicyclic amines) is 1. The summed E-state index contributed by atoms with van der Waals surface area (Å²) in [4.78, 5) is 44.5. The number of rotatable bonds is 10. The van der Waals surface area contributed by atoms with Crippen molar-refractivity contribution in [3.63, 3.8) is 0 Å². The van der Waals surface area contributed by atoms with E-state index in [1.807, 2.05) is 0 Å². The predicted molar refractivity (Wildman–Crippen MR) is 121 cm³/mol. The van der Waals surface area contributed by atoms with E-state index in [0.29, 0.717) is 12.4 Å². The summed E-state index contributed by atoms with van der Waals surface area (Å²) >= 11 is 0. The molecule has 2 saturated carbocycles. The Kier molecular flexibility index (Phi) is 6.12. The molecule has 5 rings (SSSR count). The number of amides is 2. The van der Waals surface area contributed by atoms with Crippen LogP contribution in [0.5, 0.6) is 0 Å². The minimum Gasteiger partial charge on any atom is -0.446 e. The zero-order chi connectivity index (χ0) is 23.0. The summed E-state index contributed by atoms with van der Waals surface area (Å²) in [6.45, 7) is 5.70. The molecule has 1 aromatic rings. The molecule has 1 aromatic heterocycles. The number of carbonyl (C=O) groups excluding carboxylic acids is 3. The number of oxazole rings is 1. The Morgan fingerprint density at radius 1 is 1.06 bits per heavy atom. The molecule has 3 fully saturated rings. The van der Waals surface area contributed by atoms with Gasteiger partial charge in [0.05, 0.1) is 18.4 Å². The minimum absolute atomic E-state index is 0.00874. The lowest BCUT2D eigenvalue weighted by atomic mass is 9.81. The Bertz CT molecular complexity index is 944. The monoisotopic (exact) mass is 454 g/mol. The lowest BCUT2D eigenvalue weighted by Crippen LogP contribution is -2.44. The van der Waals surface area contributed by atoms with E-state index in [-0.39, 0.29) is 58.9 Å². The van der Waals surface area contributed by atoms with E-state index >= 15 is 0 Å². The molecule has 2 heterocycles. The van der Waals surface area contributed by atoms with E-state index < -0.39 is 0 Å². The molecule has 1 aliphatic heterocycles. The molecule has 1 spiro atoms. The maximum atomic E-state index is 13.2. The summed E-state index contributed by atoms with van der Waals surface area (Å²) in [5.74, 6) is -0.425. The first-order valence-electron chi connectivity index (χ1n) is 12.4. The highest BCUT2D eigenvalue weighted by Gasteiger charge is 2.69. The Labute approximate surface area is 194 Å². The molecule has 2 bridgehead atoms. The van der Waals surface area contributed by atoms with Crippen molar-refractivity contribution >= 4 is 17.6 Å². The Hall–Kier alpha value is -2.48. The smallest absolute Gasteiger partial charge is 0.224 e. The van der Waals surface area contributed by atoms with Crippen molar-refractivity contribution in [2.45, 2.75) is 52.0 Å². The summed E-state index contributed by atoms with van der Waals surface area (Å²) < 4.78 is 5.30. The third kappa shape index (κ3) is 4.25. The first-order valence-corrected chi connectivity index (χ1v) is 12.4. The molecule has 178 valence electrons. The molecule has 4 aliphatic rings. The molecule has 4 atom stereocenters. The number of hydrogen-bond donors (Lipinski definition) is 2. The average molecular weight is 455 g/mol. The number of hydrogen-bond acceptors (Lipinski definition) is 6. The lowest BCUT2D eigenvalue weighted by molar-refractivity contribution is -0.135. The number of nitrogens with one attached hydrogen (secondary N) is 2. The highest BCUT2D eigenvalue weighted by molar-refractivity contribution is 5.92. The normalized spacial score (nSPS) is 29.0. The first-order chi connectivity index (χ1) is 16.0. The zero-order valence-electron chi connectivity index (χ0n) is 19.3. The van der Waals surface area contributed by atoms with Gasteiger partial charge >= 0.3 is 0 Å². The molecule has 3 aliphatic carbocycles. The molecule has 0 aromatic carbocycles. The minimum atomic E-state index is -0.366. The van der Waals surface area contributed by atoms with Crippen LogP contribution < -0.4 is 10.6 Å². The molecule has 33 heavy (non-hydrogen) atoms. The molecule has 8 heteroatoms. The Morgan fingerprint density at radius 2 is 1.73 bits per heavy atom. The van der Waals surface area contributed by atoms with E-state index in [1.165, 1.54) is 39.1 Å². The van der Waals surface area contributed by atoms with Gasteiger partial charge in [0.2, 0.25) is 17.7 Å². The van der Waals surface area contributed by atoms with E-state index in [0.717, 1.165) is 32.2 Å². The van der Waals surface area contributed by atoms with Crippen molar-refractivity contribution in [1.29, 1.82) is 0 Å². The largest absolute Gasteiger partial charge is 0.446 e. The second kappa shape index (κ2) is 9.05. The van der Waals surface area contributed by atoms with Crippen LogP contribution in [-0.4, -0.2) is 53.7 Å². The quantitative estimate of drug-likeness (QED) is 0.319. The molecule has 0 radical (unpaired) electrons. The van der Waals surface area contributed by atoms with Gasteiger partial charge in [0.15, 0.2) is 5.78 Å². The number of allylic oxidation sites excluding steroid dienone is 2. The number of carbonyl (C=O) groups is 3. The Balaban J connectivity index is 1.17. The number of nitrogens with zero attached hydrogens (tertiary/aromatic N) is 2. The van der Waals surface area contributed by atoms with Gasteiger partial charge in [-0.05, 0) is 75.4 Å². The van der Waals surface area contributed by atoms with Crippen LogP contribution in [0.2, 0.25) is 0 Å². The second-order valence-corrected chi connectivity index (χ2v) is 10.2. The van der Waals surface area contributed by atoms with Crippen molar-refractivity contribution in [2.24, 2.45) is 29.1 Å². The fraction of sp³-hybridized carbons (Fsp3) is 0.680. The van der Waals surface area contributed by atoms with Crippen LogP contribution in [0.1, 0.15) is 61.8 Å². The van der Waals surface area contributed by atoms with Gasteiger partial charge in [0, 0.05) is 13.5 Å². The highest BCUT2D eigenvalue weighted by Crippen LogP contribution is 2.72. The number of unbranched alkanes of at least 4 members (excludes halogenated alkanes) is 1. The van der Waals surface area contributed by atoms with Crippen molar-refractivity contribution in [1.82, 2.24) is 20.5 Å². The fourth-order valence-electron chi connectivity index (χ4n) is 6.34. The highest BCUT2D eigenvalue weighted by atomic mass is 16.3. The van der Waals surface area contributed by atoms with E-state index in [1.54, 1.807) is 0 Å². The van der Waals surface area contributed by atoms with E-state index in [9.17, 15) is 14.4 Å². The van der Waals surface area contributed by atoms with Gasteiger partial charge in [-0.2, -0.15) is 0 Å². The zero-order valence-corrected chi connectivity index (χ0v) is 19.3. The van der Waals surface area contributed by atoms with E-state index in [4.69, 9.17) is 4.42 Å². The number of ketones is 1. The molecule has 2 N–H and O–H groups in total. The molecule has 8 nitrogen and oxygen atoms in total. The third-order valence-electron chi connectivity index (χ3n) is 8.17. The van der Waals surface area contributed by atoms with Crippen LogP contribution in [0.25, 0.3) is 0 Å².